The molecule has 1 aromatic heterocycles. The number of nitrogens with two attached hydrogens (primary N) is 1. The first-order valence-electron chi connectivity index (χ1n) is 5.72. The number of pyridine rings is 1. The Balaban J connectivity index is 2.35. The van der Waals surface area contributed by atoms with E-state index in [1.165, 1.54) is 0 Å². The van der Waals surface area contributed by atoms with Crippen LogP contribution in [0.25, 0.3) is 0 Å². The fraction of sp³-hybridized carbons (Fsp3) is 0.500. The van der Waals surface area contributed by atoms with Gasteiger partial charge in [-0.15, -0.1) is 0 Å². The molecule has 0 saturated carbocycles. The van der Waals surface area contributed by atoms with E-state index in [9.17, 15) is 0 Å². The number of ether oxygens (including phenoxy) is 1. The minimum absolute atomic E-state index is 0.213. The lowest BCUT2D eigenvalue weighted by molar-refractivity contribution is 0.0529. The lowest BCUT2D eigenvalue weighted by Gasteiger charge is -2.33. The third kappa shape index (κ3) is 2.73. The van der Waals surface area contributed by atoms with Gasteiger partial charge >= 0.3 is 0 Å². The summed E-state index contributed by atoms with van der Waals surface area (Å²) in [5.41, 5.74) is 7.56. The second-order valence-electron chi connectivity index (χ2n) is 4.32. The molecule has 0 amide bonds. The van der Waals surface area contributed by atoms with Crippen molar-refractivity contribution in [1.82, 2.24) is 4.98 Å². The summed E-state index contributed by atoms with van der Waals surface area (Å²) in [7, 11) is 0. The highest BCUT2D eigenvalue weighted by molar-refractivity contribution is 7.80. The van der Waals surface area contributed by atoms with Gasteiger partial charge in [0.05, 0.1) is 18.3 Å². The molecule has 2 rings (SSSR count). The van der Waals surface area contributed by atoms with Crippen molar-refractivity contribution in [1.29, 1.82) is 0 Å². The minimum atomic E-state index is 0.213. The normalized spacial score (nSPS) is 20.4. The van der Waals surface area contributed by atoms with Gasteiger partial charge in [0.1, 0.15) is 10.8 Å². The third-order valence-corrected chi connectivity index (χ3v) is 3.04. The first-order chi connectivity index (χ1) is 8.08. The summed E-state index contributed by atoms with van der Waals surface area (Å²) in [5.74, 6) is 0.882. The molecule has 1 fully saturated rings. The second kappa shape index (κ2) is 4.98. The van der Waals surface area contributed by atoms with Gasteiger partial charge in [0.25, 0.3) is 0 Å². The first-order valence-corrected chi connectivity index (χ1v) is 6.12. The maximum absolute atomic E-state index is 5.74. The Labute approximate surface area is 107 Å². The third-order valence-electron chi connectivity index (χ3n) is 2.82. The minimum Gasteiger partial charge on any atom is -0.389 e. The summed E-state index contributed by atoms with van der Waals surface area (Å²) in [6.45, 7) is 6.40. The molecule has 2 N–H and O–H groups in total. The van der Waals surface area contributed by atoms with Crippen LogP contribution in [0.4, 0.5) is 5.82 Å². The molecule has 92 valence electrons. The number of thiocarbonyl (C=S) groups is 1. The van der Waals surface area contributed by atoms with Crippen LogP contribution in [-0.4, -0.2) is 35.8 Å². The molecule has 1 aliphatic heterocycles. The summed E-state index contributed by atoms with van der Waals surface area (Å²) < 4.78 is 5.53. The molecule has 0 aromatic carbocycles. The Morgan fingerprint density at radius 2 is 2.35 bits per heavy atom. The topological polar surface area (TPSA) is 51.4 Å². The standard InChI is InChI=1S/C12H17N3OS/c1-8-3-4-10(11(13)17)12(14-8)15-5-6-16-9(2)7-15/h3-4,9H,5-7H2,1-2H3,(H2,13,17). The van der Waals surface area contributed by atoms with Crippen LogP contribution in [0.15, 0.2) is 12.1 Å². The fourth-order valence-electron chi connectivity index (χ4n) is 1.99. The number of nitrogens with zero attached hydrogens (tertiary/aromatic N) is 2. The number of anilines is 1. The highest BCUT2D eigenvalue weighted by Gasteiger charge is 2.21. The molecule has 0 bridgehead atoms. The zero-order valence-corrected chi connectivity index (χ0v) is 11.0. The van der Waals surface area contributed by atoms with Crippen LogP contribution in [0.5, 0.6) is 0 Å². The van der Waals surface area contributed by atoms with Crippen molar-refractivity contribution in [2.45, 2.75) is 20.0 Å². The van der Waals surface area contributed by atoms with Crippen molar-refractivity contribution in [3.05, 3.63) is 23.4 Å². The lowest BCUT2D eigenvalue weighted by Crippen LogP contribution is -2.42. The molecule has 17 heavy (non-hydrogen) atoms. The smallest absolute Gasteiger partial charge is 0.139 e. The van der Waals surface area contributed by atoms with Gasteiger partial charge in [-0.2, -0.15) is 0 Å². The summed E-state index contributed by atoms with van der Waals surface area (Å²) in [5, 5.41) is 0. The van der Waals surface area contributed by atoms with E-state index in [-0.39, 0.29) is 6.10 Å². The average molecular weight is 251 g/mol. The average Bonchev–Trinajstić information content (AvgIpc) is 2.28. The van der Waals surface area contributed by atoms with E-state index in [1.807, 2.05) is 19.1 Å². The van der Waals surface area contributed by atoms with Crippen molar-refractivity contribution in [3.63, 3.8) is 0 Å². The SMILES string of the molecule is Cc1ccc(C(N)=S)c(N2CCOC(C)C2)n1. The Morgan fingerprint density at radius 1 is 1.59 bits per heavy atom. The molecule has 1 atom stereocenters. The molecule has 1 saturated heterocycles. The van der Waals surface area contributed by atoms with Crippen LogP contribution < -0.4 is 10.6 Å². The first kappa shape index (κ1) is 12.3. The maximum Gasteiger partial charge on any atom is 0.139 e. The van der Waals surface area contributed by atoms with Gasteiger partial charge in [-0.25, -0.2) is 4.98 Å². The van der Waals surface area contributed by atoms with Gasteiger partial charge in [-0.1, -0.05) is 12.2 Å². The fourth-order valence-corrected chi connectivity index (χ4v) is 2.15. The number of hydrogen-bond donors (Lipinski definition) is 1. The quantitative estimate of drug-likeness (QED) is 0.802. The summed E-state index contributed by atoms with van der Waals surface area (Å²) in [6, 6.07) is 3.88. The van der Waals surface area contributed by atoms with Crippen LogP contribution >= 0.6 is 12.2 Å². The number of hydrogen-bond acceptors (Lipinski definition) is 4. The van der Waals surface area contributed by atoms with Gasteiger partial charge in [0, 0.05) is 18.8 Å². The van der Waals surface area contributed by atoms with E-state index in [0.717, 1.165) is 30.2 Å². The van der Waals surface area contributed by atoms with Gasteiger partial charge < -0.3 is 15.4 Å². The Morgan fingerprint density at radius 3 is 3.00 bits per heavy atom. The summed E-state index contributed by atoms with van der Waals surface area (Å²) in [4.78, 5) is 7.14. The van der Waals surface area contributed by atoms with E-state index < -0.39 is 0 Å². The van der Waals surface area contributed by atoms with Crippen molar-refractivity contribution in [2.24, 2.45) is 5.73 Å². The highest BCUT2D eigenvalue weighted by atomic mass is 32.1. The summed E-state index contributed by atoms with van der Waals surface area (Å²) in [6.07, 6.45) is 0.213. The van der Waals surface area contributed by atoms with Gasteiger partial charge in [-0.3, -0.25) is 0 Å². The van der Waals surface area contributed by atoms with E-state index >= 15 is 0 Å². The van der Waals surface area contributed by atoms with Crippen molar-refractivity contribution in [3.8, 4) is 0 Å². The van der Waals surface area contributed by atoms with Crippen molar-refractivity contribution >= 4 is 23.0 Å². The second-order valence-corrected chi connectivity index (χ2v) is 4.76. The molecular weight excluding hydrogens is 234 g/mol. The van der Waals surface area contributed by atoms with Crippen LogP contribution in [0.2, 0.25) is 0 Å². The Hall–Kier alpha value is -1.20. The van der Waals surface area contributed by atoms with E-state index in [1.54, 1.807) is 0 Å². The lowest BCUT2D eigenvalue weighted by atomic mass is 10.2. The highest BCUT2D eigenvalue weighted by Crippen LogP contribution is 2.21. The molecule has 1 aliphatic rings. The number of aryl methyl sites for hydroxylation is 1. The van der Waals surface area contributed by atoms with Crippen molar-refractivity contribution in [2.75, 3.05) is 24.6 Å². The van der Waals surface area contributed by atoms with E-state index in [4.69, 9.17) is 22.7 Å². The maximum atomic E-state index is 5.74. The summed E-state index contributed by atoms with van der Waals surface area (Å²) >= 11 is 5.07. The van der Waals surface area contributed by atoms with Crippen molar-refractivity contribution < 1.29 is 4.74 Å². The van der Waals surface area contributed by atoms with Crippen LogP contribution in [0.3, 0.4) is 0 Å². The van der Waals surface area contributed by atoms with Crippen LogP contribution in [0.1, 0.15) is 18.2 Å². The molecule has 0 aliphatic carbocycles. The van der Waals surface area contributed by atoms with Gasteiger partial charge in [-0.05, 0) is 26.0 Å². The van der Waals surface area contributed by atoms with E-state index in [2.05, 4.69) is 16.8 Å². The zero-order valence-electron chi connectivity index (χ0n) is 10.1. The molecule has 2 heterocycles. The molecule has 0 radical (unpaired) electrons. The molecule has 1 unspecified atom stereocenters. The molecule has 1 aromatic rings. The zero-order chi connectivity index (χ0) is 12.4. The largest absolute Gasteiger partial charge is 0.389 e. The Bertz CT molecular complexity index is 436. The van der Waals surface area contributed by atoms with Gasteiger partial charge in [0.15, 0.2) is 0 Å². The molecule has 5 heteroatoms. The molecule has 4 nitrogen and oxygen atoms in total. The molecule has 0 spiro atoms. The molecular formula is C12H17N3OS. The van der Waals surface area contributed by atoms with Crippen LogP contribution in [-0.2, 0) is 4.74 Å². The van der Waals surface area contributed by atoms with Gasteiger partial charge in [0.2, 0.25) is 0 Å². The number of rotatable bonds is 2. The van der Waals surface area contributed by atoms with E-state index in [0.29, 0.717) is 11.6 Å². The predicted molar refractivity (Wildman–Crippen MR) is 72.5 cm³/mol. The van der Waals surface area contributed by atoms with Crippen LogP contribution in [0, 0.1) is 6.92 Å². The number of aromatic nitrogens is 1. The monoisotopic (exact) mass is 251 g/mol. The predicted octanol–water partition coefficient (Wildman–Crippen LogP) is 1.25. The number of morpholine rings is 1. The Kier molecular flexibility index (Phi) is 3.59.